The molecule has 0 fully saturated rings. The number of rotatable bonds is 6. The maximum Gasteiger partial charge on any atom is 0.337 e. The van der Waals surface area contributed by atoms with Crippen molar-refractivity contribution in [1.29, 1.82) is 0 Å². The molecule has 0 saturated carbocycles. The molecule has 0 unspecified atom stereocenters. The molecule has 5 heteroatoms. The van der Waals surface area contributed by atoms with E-state index in [9.17, 15) is 4.79 Å². The molecule has 0 aliphatic carbocycles. The summed E-state index contributed by atoms with van der Waals surface area (Å²) in [6, 6.07) is 13.9. The van der Waals surface area contributed by atoms with E-state index in [2.05, 4.69) is 0 Å². The standard InChI is InChI=1S/C15H13ClO4/c16-14-10-12(6-7-13(14)15(17)18)20-9-8-19-11-4-2-1-3-5-11/h1-7,10H,8-9H2,(H,17,18). The second-order valence-corrected chi connectivity index (χ2v) is 4.36. The van der Waals surface area contributed by atoms with Crippen molar-refractivity contribution >= 4 is 17.6 Å². The molecule has 104 valence electrons. The largest absolute Gasteiger partial charge is 0.490 e. The predicted octanol–water partition coefficient (Wildman–Crippen LogP) is 3.50. The molecule has 0 atom stereocenters. The third-order valence-electron chi connectivity index (χ3n) is 2.53. The van der Waals surface area contributed by atoms with E-state index >= 15 is 0 Å². The number of ether oxygens (including phenoxy) is 2. The minimum Gasteiger partial charge on any atom is -0.490 e. The van der Waals surface area contributed by atoms with E-state index in [-0.39, 0.29) is 10.6 Å². The fourth-order valence-corrected chi connectivity index (χ4v) is 1.85. The van der Waals surface area contributed by atoms with Gasteiger partial charge in [-0.2, -0.15) is 0 Å². The highest BCUT2D eigenvalue weighted by Gasteiger charge is 2.09. The van der Waals surface area contributed by atoms with E-state index in [0.717, 1.165) is 5.75 Å². The van der Waals surface area contributed by atoms with Crippen molar-refractivity contribution < 1.29 is 19.4 Å². The summed E-state index contributed by atoms with van der Waals surface area (Å²) < 4.78 is 10.9. The van der Waals surface area contributed by atoms with Gasteiger partial charge in [-0.3, -0.25) is 0 Å². The molecule has 0 aliphatic rings. The predicted molar refractivity (Wildman–Crippen MR) is 75.8 cm³/mol. The second kappa shape index (κ2) is 6.82. The van der Waals surface area contributed by atoms with Crippen molar-refractivity contribution in [1.82, 2.24) is 0 Å². The van der Waals surface area contributed by atoms with Crippen LogP contribution < -0.4 is 9.47 Å². The minimum atomic E-state index is -1.06. The van der Waals surface area contributed by atoms with Gasteiger partial charge in [0.25, 0.3) is 0 Å². The zero-order valence-corrected chi connectivity index (χ0v) is 11.3. The van der Waals surface area contributed by atoms with Gasteiger partial charge in [0.2, 0.25) is 0 Å². The molecule has 20 heavy (non-hydrogen) atoms. The van der Waals surface area contributed by atoms with Gasteiger partial charge < -0.3 is 14.6 Å². The first-order chi connectivity index (χ1) is 9.66. The molecule has 0 spiro atoms. The van der Waals surface area contributed by atoms with E-state index in [1.165, 1.54) is 12.1 Å². The first-order valence-corrected chi connectivity index (χ1v) is 6.38. The second-order valence-electron chi connectivity index (χ2n) is 3.96. The number of hydrogen-bond acceptors (Lipinski definition) is 3. The summed E-state index contributed by atoms with van der Waals surface area (Å²) in [5.41, 5.74) is 0.0551. The van der Waals surface area contributed by atoms with Crippen molar-refractivity contribution in [2.24, 2.45) is 0 Å². The number of halogens is 1. The van der Waals surface area contributed by atoms with E-state index < -0.39 is 5.97 Å². The highest BCUT2D eigenvalue weighted by atomic mass is 35.5. The summed E-state index contributed by atoms with van der Waals surface area (Å²) in [4.78, 5) is 10.8. The lowest BCUT2D eigenvalue weighted by Crippen LogP contribution is -2.09. The molecule has 2 aromatic rings. The van der Waals surface area contributed by atoms with Crippen LogP contribution in [0.25, 0.3) is 0 Å². The summed E-state index contributed by atoms with van der Waals surface area (Å²) >= 11 is 5.84. The zero-order valence-electron chi connectivity index (χ0n) is 10.6. The van der Waals surface area contributed by atoms with Crippen LogP contribution in [0.4, 0.5) is 0 Å². The van der Waals surface area contributed by atoms with Crippen LogP contribution in [-0.4, -0.2) is 24.3 Å². The van der Waals surface area contributed by atoms with Crippen LogP contribution in [-0.2, 0) is 0 Å². The molecule has 0 saturated heterocycles. The van der Waals surface area contributed by atoms with E-state index in [4.69, 9.17) is 26.2 Å². The Labute approximate surface area is 121 Å². The summed E-state index contributed by atoms with van der Waals surface area (Å²) in [7, 11) is 0. The van der Waals surface area contributed by atoms with Crippen molar-refractivity contribution in [3.05, 3.63) is 59.1 Å². The molecular weight excluding hydrogens is 280 g/mol. The van der Waals surface area contributed by atoms with Gasteiger partial charge in [0.05, 0.1) is 10.6 Å². The molecule has 2 rings (SSSR count). The number of benzene rings is 2. The molecule has 0 aromatic heterocycles. The zero-order chi connectivity index (χ0) is 14.4. The number of para-hydroxylation sites is 1. The number of carbonyl (C=O) groups is 1. The first-order valence-electron chi connectivity index (χ1n) is 6.00. The molecule has 1 N–H and O–H groups in total. The molecule has 0 aliphatic heterocycles. The van der Waals surface area contributed by atoms with Crippen LogP contribution in [0.15, 0.2) is 48.5 Å². The van der Waals surface area contributed by atoms with Gasteiger partial charge in [0.15, 0.2) is 0 Å². The number of hydrogen-bond donors (Lipinski definition) is 1. The topological polar surface area (TPSA) is 55.8 Å². The molecular formula is C15H13ClO4. The van der Waals surface area contributed by atoms with Crippen molar-refractivity contribution in [2.75, 3.05) is 13.2 Å². The van der Waals surface area contributed by atoms with Crippen LogP contribution in [0.2, 0.25) is 5.02 Å². The van der Waals surface area contributed by atoms with Crippen molar-refractivity contribution in [3.8, 4) is 11.5 Å². The Morgan fingerprint density at radius 1 is 1.00 bits per heavy atom. The third kappa shape index (κ3) is 3.90. The van der Waals surface area contributed by atoms with Gasteiger partial charge in [-0.15, -0.1) is 0 Å². The van der Waals surface area contributed by atoms with E-state index in [1.54, 1.807) is 6.07 Å². The Hall–Kier alpha value is -2.20. The lowest BCUT2D eigenvalue weighted by molar-refractivity contribution is 0.0697. The highest BCUT2D eigenvalue weighted by Crippen LogP contribution is 2.22. The molecule has 0 radical (unpaired) electrons. The van der Waals surface area contributed by atoms with Gasteiger partial charge in [-0.25, -0.2) is 4.79 Å². The minimum absolute atomic E-state index is 0.0551. The highest BCUT2D eigenvalue weighted by molar-refractivity contribution is 6.33. The van der Waals surface area contributed by atoms with Crippen LogP contribution in [0.5, 0.6) is 11.5 Å². The fraction of sp³-hybridized carbons (Fsp3) is 0.133. The van der Waals surface area contributed by atoms with Crippen LogP contribution in [0.3, 0.4) is 0 Å². The maximum atomic E-state index is 10.8. The number of aromatic carboxylic acids is 1. The molecule has 0 bridgehead atoms. The molecule has 4 nitrogen and oxygen atoms in total. The van der Waals surface area contributed by atoms with Gasteiger partial charge in [-0.1, -0.05) is 29.8 Å². The number of carboxylic acid groups (broad SMARTS) is 1. The van der Waals surface area contributed by atoms with Gasteiger partial charge in [0.1, 0.15) is 24.7 Å². The lowest BCUT2D eigenvalue weighted by Gasteiger charge is -2.09. The Morgan fingerprint density at radius 2 is 1.65 bits per heavy atom. The lowest BCUT2D eigenvalue weighted by atomic mass is 10.2. The van der Waals surface area contributed by atoms with Crippen LogP contribution in [0.1, 0.15) is 10.4 Å². The quantitative estimate of drug-likeness (QED) is 0.828. The molecule has 0 amide bonds. The Kier molecular flexibility index (Phi) is 4.85. The third-order valence-corrected chi connectivity index (χ3v) is 2.85. The van der Waals surface area contributed by atoms with Crippen molar-refractivity contribution in [3.63, 3.8) is 0 Å². The Bertz CT molecular complexity index is 584. The first kappa shape index (κ1) is 14.2. The van der Waals surface area contributed by atoms with Gasteiger partial charge >= 0.3 is 5.97 Å². The van der Waals surface area contributed by atoms with E-state index in [1.807, 2.05) is 30.3 Å². The average molecular weight is 293 g/mol. The summed E-state index contributed by atoms with van der Waals surface area (Å²) in [6.07, 6.45) is 0. The Morgan fingerprint density at radius 3 is 2.25 bits per heavy atom. The van der Waals surface area contributed by atoms with Gasteiger partial charge in [-0.05, 0) is 30.3 Å². The van der Waals surface area contributed by atoms with Crippen LogP contribution in [0, 0.1) is 0 Å². The summed E-state index contributed by atoms with van der Waals surface area (Å²) in [6.45, 7) is 0.736. The number of carboxylic acids is 1. The Balaban J connectivity index is 1.83. The summed E-state index contributed by atoms with van der Waals surface area (Å²) in [5, 5.41) is 9.00. The normalized spacial score (nSPS) is 10.1. The fourth-order valence-electron chi connectivity index (χ4n) is 1.59. The van der Waals surface area contributed by atoms with Crippen molar-refractivity contribution in [2.45, 2.75) is 0 Å². The van der Waals surface area contributed by atoms with E-state index in [0.29, 0.717) is 19.0 Å². The molecule has 2 aromatic carbocycles. The summed E-state index contributed by atoms with van der Waals surface area (Å²) in [5.74, 6) is 0.223. The maximum absolute atomic E-state index is 10.8. The SMILES string of the molecule is O=C(O)c1ccc(OCCOc2ccccc2)cc1Cl. The molecule has 0 heterocycles. The van der Waals surface area contributed by atoms with Gasteiger partial charge in [0, 0.05) is 0 Å². The average Bonchev–Trinajstić information content (AvgIpc) is 2.44. The van der Waals surface area contributed by atoms with Crippen LogP contribution >= 0.6 is 11.6 Å². The monoisotopic (exact) mass is 292 g/mol. The smallest absolute Gasteiger partial charge is 0.337 e.